The van der Waals surface area contributed by atoms with Gasteiger partial charge < -0.3 is 9.42 Å². The van der Waals surface area contributed by atoms with Crippen LogP contribution in [0, 0.1) is 13.8 Å². The first-order valence-corrected chi connectivity index (χ1v) is 48.8. The predicted molar refractivity (Wildman–Crippen MR) is 460 cm³/mol. The molecule has 1 saturated heterocycles. The number of likely N-dealkylation sites (tertiary alicyclic amines) is 1. The van der Waals surface area contributed by atoms with E-state index in [4.69, 9.17) is 97.3 Å². The highest BCUT2D eigenvalue weighted by molar-refractivity contribution is 7.94. The molecule has 131 heavy (non-hydrogen) atoms. The van der Waals surface area contributed by atoms with Gasteiger partial charge in [-0.2, -0.15) is 52.7 Å². The number of piperidine rings is 1. The number of nitrogens with zero attached hydrogens (tertiary/aromatic N) is 6. The summed E-state index contributed by atoms with van der Waals surface area (Å²) in [6.07, 6.45) is -10.7. The zero-order chi connectivity index (χ0) is 97.9. The molecule has 2 unspecified atom stereocenters. The number of alkyl halides is 12. The maximum atomic E-state index is 13.3. The lowest BCUT2D eigenvalue weighted by Gasteiger charge is -2.39. The van der Waals surface area contributed by atoms with E-state index in [-0.39, 0.29) is 92.9 Å². The van der Waals surface area contributed by atoms with E-state index in [1.165, 1.54) is 80.8 Å². The summed E-state index contributed by atoms with van der Waals surface area (Å²) >= 11 is 45.9. The van der Waals surface area contributed by atoms with Gasteiger partial charge >= 0.3 is 24.7 Å². The van der Waals surface area contributed by atoms with Gasteiger partial charge in [0.05, 0.1) is 126 Å². The van der Waals surface area contributed by atoms with Crippen LogP contribution in [0.1, 0.15) is 125 Å². The second-order valence-corrected chi connectivity index (χ2v) is 41.8. The number of pyridine rings is 4. The molecule has 0 saturated carbocycles. The number of ketones is 3. The molecular formula is C78H58Cl8F12N10O17S6. The summed E-state index contributed by atoms with van der Waals surface area (Å²) in [5.41, 5.74) is -8.60. The smallest absolute Gasteiger partial charge is 0.353 e. The SMILES string of the molecule is CC1CCCC(C)N1C(=O)c1ncc(Cl)cc1NS(=O)(=O)c1ccc(Cl)c(C(F)(F)F)c1.Cc1cccc(S(C)(=O)=O)c1C(=O)c1ncc(Cl)cc1NS(=O)(=O)c1ccc(Cl)c(C(F)(F)F)c1.Cc1nc(C(=O)c2ccccc2S(C)(=O)=O)c(NS(=O)(=O)c2ccc(Cl)c(C(F)(F)F)c2)cc1Cl.O=C(c1ccno1)c1ncc(Cl)cc1NS(=O)(=O)c1ccc(Cl)c(C(F)(F)F)c1. The van der Waals surface area contributed by atoms with Crippen molar-refractivity contribution in [2.45, 2.75) is 113 Å². The fourth-order valence-corrected chi connectivity index (χ4v) is 19.8. The number of halogens is 20. The average Bonchev–Trinajstić information content (AvgIpc) is 0.775. The first-order valence-electron chi connectivity index (χ1n) is 36.0. The lowest BCUT2D eigenvalue weighted by atomic mass is 9.97. The summed E-state index contributed by atoms with van der Waals surface area (Å²) in [7, 11) is -26.2. The predicted octanol–water partition coefficient (Wildman–Crippen LogP) is 20.3. The van der Waals surface area contributed by atoms with E-state index >= 15 is 0 Å². The van der Waals surface area contributed by atoms with Gasteiger partial charge in [-0.05, 0) is 168 Å². The molecule has 0 bridgehead atoms. The van der Waals surface area contributed by atoms with Crippen molar-refractivity contribution in [3.8, 4) is 0 Å². The summed E-state index contributed by atoms with van der Waals surface area (Å²) in [5.74, 6) is -3.43. The number of sulfonamides is 4. The molecule has 6 heterocycles. The lowest BCUT2D eigenvalue weighted by molar-refractivity contribution is -0.138. The third kappa shape index (κ3) is 25.7. The molecule has 4 N–H and O–H groups in total. The number of hydrogen-bond donors (Lipinski definition) is 4. The molecule has 6 aromatic carbocycles. The standard InChI is InChI=1S/2C21H15Cl2F3N2O5S2.C20H20Cl2F3N3O3S.C16H8Cl2F3N3O4S/c1-11-4-3-5-17(34(2,30)31)18(11)20(29)19-16(8-12(22)10-27-19)28-35(32,33)13-6-7-15(23)14(9-13)21(24,25)26;1-11-16(23)10-17(19(27-11)20(29)13-5-3-4-6-18(13)34(2,30)31)28-35(32,33)12-7-8-15(22)14(9-12)21(24,25)26;1-11-4-3-5-12(2)28(11)19(29)18-17(8-13(21)10-26-18)27-32(30,31)14-6-7-16(22)15(9-14)20(23,24)25;17-8-5-12(14(22-7-8)15(25)13-3-4-23-28-13)24-29(26,27)9-1-2-11(18)10(6-9)16(19,20)21/h2*3-10,28H,1-2H3;6-12,27H,3-5H2,1-2H3;1-7,24H. The number of anilines is 4. The molecule has 1 aliphatic heterocycles. The van der Waals surface area contributed by atoms with Crippen molar-refractivity contribution in [3.63, 3.8) is 0 Å². The number of aromatic nitrogens is 5. The number of sulfone groups is 2. The molecule has 1 amide bonds. The van der Waals surface area contributed by atoms with E-state index in [0.29, 0.717) is 24.3 Å². The summed E-state index contributed by atoms with van der Waals surface area (Å²) < 4.78 is 322. The lowest BCUT2D eigenvalue weighted by Crippen LogP contribution is -2.48. The molecule has 1 fully saturated rings. The molecule has 11 aromatic rings. The minimum absolute atomic E-state index is 0.0242. The summed E-state index contributed by atoms with van der Waals surface area (Å²) in [5, 5.41) is 0.537. The van der Waals surface area contributed by atoms with Gasteiger partial charge in [-0.25, -0.2) is 70.4 Å². The van der Waals surface area contributed by atoms with Gasteiger partial charge in [0.15, 0.2) is 25.4 Å². The maximum absolute atomic E-state index is 13.3. The number of benzene rings is 6. The molecule has 0 aliphatic carbocycles. The molecule has 0 radical (unpaired) electrons. The van der Waals surface area contributed by atoms with Crippen molar-refractivity contribution in [2.24, 2.45) is 0 Å². The highest BCUT2D eigenvalue weighted by atomic mass is 35.5. The van der Waals surface area contributed by atoms with Crippen molar-refractivity contribution < 1.29 is 127 Å². The summed E-state index contributed by atoms with van der Waals surface area (Å²) in [6, 6.07) is 23.0. The van der Waals surface area contributed by atoms with E-state index in [9.17, 15) is 122 Å². The molecular weight excluding hydrogens is 2050 g/mol. The van der Waals surface area contributed by atoms with E-state index in [2.05, 4.69) is 29.8 Å². The van der Waals surface area contributed by atoms with Gasteiger partial charge in [-0.15, -0.1) is 0 Å². The Kier molecular flexibility index (Phi) is 32.3. The topological polar surface area (TPSA) is 402 Å². The van der Waals surface area contributed by atoms with Crippen LogP contribution < -0.4 is 18.9 Å². The van der Waals surface area contributed by atoms with Crippen LogP contribution in [0.25, 0.3) is 0 Å². The summed E-state index contributed by atoms with van der Waals surface area (Å²) in [6.45, 7) is 6.68. The van der Waals surface area contributed by atoms with Crippen molar-refractivity contribution in [1.29, 1.82) is 0 Å². The second kappa shape index (κ2) is 40.4. The maximum Gasteiger partial charge on any atom is 0.417 e. The Bertz CT molecular complexity index is 7090. The first kappa shape index (κ1) is 105. The van der Waals surface area contributed by atoms with Gasteiger partial charge in [0.2, 0.25) is 17.3 Å². The molecule has 5 aromatic heterocycles. The Labute approximate surface area is 777 Å². The van der Waals surface area contributed by atoms with Gasteiger partial charge in [-0.3, -0.25) is 38.1 Å². The molecule has 12 rings (SSSR count). The van der Waals surface area contributed by atoms with Crippen molar-refractivity contribution >= 4 is 199 Å². The average molecular weight is 2110 g/mol. The number of carbonyl (C=O) groups is 4. The van der Waals surface area contributed by atoms with Gasteiger partial charge in [0.1, 0.15) is 17.1 Å². The Balaban J connectivity index is 0.000000197. The Morgan fingerprint density at radius 3 is 1.11 bits per heavy atom. The third-order valence-electron chi connectivity index (χ3n) is 18.2. The zero-order valence-corrected chi connectivity index (χ0v) is 77.5. The van der Waals surface area contributed by atoms with Crippen LogP contribution in [0.4, 0.5) is 75.4 Å². The molecule has 27 nitrogen and oxygen atoms in total. The van der Waals surface area contributed by atoms with Crippen LogP contribution in [-0.4, -0.2) is 128 Å². The highest BCUT2D eigenvalue weighted by Crippen LogP contribution is 2.43. The van der Waals surface area contributed by atoms with Crippen LogP contribution in [0.2, 0.25) is 40.2 Å². The van der Waals surface area contributed by atoms with E-state index in [1.807, 2.05) is 28.0 Å². The van der Waals surface area contributed by atoms with E-state index in [1.54, 1.807) is 4.90 Å². The van der Waals surface area contributed by atoms with Gasteiger partial charge in [0, 0.05) is 60.4 Å². The zero-order valence-electron chi connectivity index (χ0n) is 66.6. The van der Waals surface area contributed by atoms with Crippen LogP contribution in [0.5, 0.6) is 0 Å². The second-order valence-electron chi connectivity index (χ2n) is 27.8. The number of hydrogen-bond acceptors (Lipinski definition) is 22. The number of aryl methyl sites for hydroxylation is 2. The van der Waals surface area contributed by atoms with Crippen molar-refractivity contribution in [2.75, 3.05) is 31.4 Å². The van der Waals surface area contributed by atoms with Gasteiger partial charge in [0.25, 0.3) is 51.8 Å². The molecule has 0 spiro atoms. The highest BCUT2D eigenvalue weighted by Gasteiger charge is 2.41. The molecule has 2 atom stereocenters. The minimum atomic E-state index is -4.92. The normalized spacial score (nSPS) is 14.1. The molecule has 1 aliphatic rings. The van der Waals surface area contributed by atoms with E-state index < -0.39 is 192 Å². The molecule has 53 heteroatoms. The minimum Gasteiger partial charge on any atom is -0.353 e. The quantitative estimate of drug-likeness (QED) is 0.0383. The fraction of sp³-hybridized carbons (Fsp3) is 0.192. The van der Waals surface area contributed by atoms with Crippen LogP contribution in [0.15, 0.2) is 204 Å². The third-order valence-corrected chi connectivity index (χ3v) is 28.3. The van der Waals surface area contributed by atoms with Gasteiger partial charge in [-0.1, -0.05) is 122 Å². The van der Waals surface area contributed by atoms with Crippen LogP contribution in [0.3, 0.4) is 0 Å². The summed E-state index contributed by atoms with van der Waals surface area (Å²) in [4.78, 5) is 66.0. The number of rotatable bonds is 21. The number of carbonyl (C=O) groups excluding carboxylic acids is 4. The first-order chi connectivity index (χ1) is 60.3. The van der Waals surface area contributed by atoms with E-state index in [0.717, 1.165) is 111 Å². The van der Waals surface area contributed by atoms with Crippen LogP contribution >= 0.6 is 92.8 Å². The Morgan fingerprint density at radius 2 is 0.748 bits per heavy atom. The largest absolute Gasteiger partial charge is 0.417 e. The van der Waals surface area contributed by atoms with Crippen LogP contribution in [-0.2, 0) is 84.5 Å². The Morgan fingerprint density at radius 1 is 0.405 bits per heavy atom. The fourth-order valence-electron chi connectivity index (χ4n) is 12.1. The molecule has 698 valence electrons. The number of nitrogens with one attached hydrogen (secondary N) is 4. The Hall–Kier alpha value is -10.0. The van der Waals surface area contributed by atoms with Crippen molar-refractivity contribution in [1.82, 2.24) is 30.0 Å². The number of amides is 1. The monoisotopic (exact) mass is 2110 g/mol. The van der Waals surface area contributed by atoms with Crippen molar-refractivity contribution in [3.05, 3.63) is 284 Å².